The number of nitrogens with zero attached hydrogens (tertiary/aromatic N) is 1. The van der Waals surface area contributed by atoms with Crippen molar-refractivity contribution >= 4 is 23.2 Å². The van der Waals surface area contributed by atoms with Gasteiger partial charge in [-0.05, 0) is 48.6 Å². The van der Waals surface area contributed by atoms with Crippen LogP contribution >= 0.6 is 0 Å². The Labute approximate surface area is 155 Å². The van der Waals surface area contributed by atoms with Crippen LogP contribution in [0.15, 0.2) is 48.5 Å². The number of hydrogen-bond acceptors (Lipinski definition) is 2. The van der Waals surface area contributed by atoms with Crippen LogP contribution in [0.5, 0.6) is 0 Å². The molecule has 4 nitrogen and oxygen atoms in total. The summed E-state index contributed by atoms with van der Waals surface area (Å²) in [7, 11) is 0. The average molecular weight is 350 g/mol. The quantitative estimate of drug-likeness (QED) is 0.863. The summed E-state index contributed by atoms with van der Waals surface area (Å²) in [4.78, 5) is 26.9. The minimum Gasteiger partial charge on any atom is -0.326 e. The number of nitrogens with one attached hydrogen (secondary N) is 1. The van der Waals surface area contributed by atoms with Crippen molar-refractivity contribution in [2.75, 3.05) is 16.8 Å². The molecule has 3 rings (SSSR count). The Kier molecular flexibility index (Phi) is 5.40. The maximum Gasteiger partial charge on any atom is 0.229 e. The highest BCUT2D eigenvalue weighted by Gasteiger charge is 2.35. The molecule has 0 spiro atoms. The summed E-state index contributed by atoms with van der Waals surface area (Å²) in [5, 5.41) is 3.05. The van der Waals surface area contributed by atoms with E-state index in [1.54, 1.807) is 4.90 Å². The third kappa shape index (κ3) is 3.79. The highest BCUT2D eigenvalue weighted by Crippen LogP contribution is 2.29. The third-order valence-electron chi connectivity index (χ3n) is 5.17. The maximum atomic E-state index is 12.8. The van der Waals surface area contributed by atoms with Gasteiger partial charge in [-0.25, -0.2) is 0 Å². The molecule has 1 aliphatic heterocycles. The summed E-state index contributed by atoms with van der Waals surface area (Å²) >= 11 is 0. The Morgan fingerprint density at radius 2 is 2.00 bits per heavy atom. The van der Waals surface area contributed by atoms with Gasteiger partial charge in [0.05, 0.1) is 5.92 Å². The second-order valence-electron chi connectivity index (χ2n) is 7.13. The van der Waals surface area contributed by atoms with Gasteiger partial charge < -0.3 is 10.2 Å². The molecular formula is C22H26N2O2. The number of amides is 2. The van der Waals surface area contributed by atoms with Crippen LogP contribution < -0.4 is 10.2 Å². The Bertz CT molecular complexity index is 815. The molecular weight excluding hydrogens is 324 g/mol. The molecule has 2 amide bonds. The van der Waals surface area contributed by atoms with Crippen molar-refractivity contribution in [2.45, 2.75) is 39.5 Å². The van der Waals surface area contributed by atoms with Crippen LogP contribution in [0.4, 0.5) is 11.4 Å². The summed E-state index contributed by atoms with van der Waals surface area (Å²) in [6, 6.07) is 15.8. The van der Waals surface area contributed by atoms with Crippen molar-refractivity contribution in [3.8, 4) is 0 Å². The number of carbonyl (C=O) groups excluding carboxylic acids is 2. The number of benzene rings is 2. The van der Waals surface area contributed by atoms with Crippen molar-refractivity contribution in [1.82, 2.24) is 0 Å². The first-order valence-electron chi connectivity index (χ1n) is 9.26. The zero-order valence-electron chi connectivity index (χ0n) is 15.7. The van der Waals surface area contributed by atoms with Gasteiger partial charge in [0.25, 0.3) is 0 Å². The summed E-state index contributed by atoms with van der Waals surface area (Å²) in [6.45, 7) is 6.72. The molecule has 2 unspecified atom stereocenters. The van der Waals surface area contributed by atoms with E-state index in [9.17, 15) is 9.59 Å². The fourth-order valence-electron chi connectivity index (χ4n) is 3.42. The molecule has 0 aromatic heterocycles. The topological polar surface area (TPSA) is 49.4 Å². The average Bonchev–Trinajstić information content (AvgIpc) is 3.03. The van der Waals surface area contributed by atoms with Crippen LogP contribution in [-0.4, -0.2) is 18.4 Å². The summed E-state index contributed by atoms with van der Waals surface area (Å²) in [5.74, 6) is -0.0243. The summed E-state index contributed by atoms with van der Waals surface area (Å²) in [6.07, 6.45) is 1.27. The van der Waals surface area contributed by atoms with E-state index < -0.39 is 0 Å². The Hall–Kier alpha value is -2.62. The van der Waals surface area contributed by atoms with Crippen LogP contribution in [0.2, 0.25) is 0 Å². The van der Waals surface area contributed by atoms with E-state index in [1.807, 2.05) is 49.4 Å². The standard InChI is InChI=1S/C22H26N2O2/c1-4-16(3)19-10-5-6-11-20(19)23-22(26)17-13-21(25)24(14-17)18-9-7-8-15(2)12-18/h5-12,16-17H,4,13-14H2,1-3H3,(H,23,26). The molecule has 4 heteroatoms. The van der Waals surface area contributed by atoms with Gasteiger partial charge in [0.15, 0.2) is 0 Å². The Balaban J connectivity index is 1.73. The zero-order valence-corrected chi connectivity index (χ0v) is 15.7. The van der Waals surface area contributed by atoms with Gasteiger partial charge in [-0.1, -0.05) is 44.2 Å². The van der Waals surface area contributed by atoms with Crippen molar-refractivity contribution in [2.24, 2.45) is 5.92 Å². The molecule has 1 saturated heterocycles. The molecule has 136 valence electrons. The number of carbonyl (C=O) groups is 2. The maximum absolute atomic E-state index is 12.8. The Morgan fingerprint density at radius 1 is 1.23 bits per heavy atom. The predicted molar refractivity (Wildman–Crippen MR) is 105 cm³/mol. The van der Waals surface area contributed by atoms with Gasteiger partial charge in [0, 0.05) is 24.3 Å². The van der Waals surface area contributed by atoms with Crippen molar-refractivity contribution in [1.29, 1.82) is 0 Å². The number of rotatable bonds is 5. The fourth-order valence-corrected chi connectivity index (χ4v) is 3.42. The second-order valence-corrected chi connectivity index (χ2v) is 7.13. The molecule has 2 atom stereocenters. The van der Waals surface area contributed by atoms with Gasteiger partial charge in [-0.3, -0.25) is 9.59 Å². The SMILES string of the molecule is CCC(C)c1ccccc1NC(=O)C1CC(=O)N(c2cccc(C)c2)C1. The summed E-state index contributed by atoms with van der Waals surface area (Å²) in [5.41, 5.74) is 3.97. The van der Waals surface area contributed by atoms with Crippen LogP contribution in [-0.2, 0) is 9.59 Å². The van der Waals surface area contributed by atoms with E-state index in [2.05, 4.69) is 25.2 Å². The molecule has 1 N–H and O–H groups in total. The molecule has 1 aliphatic rings. The number of anilines is 2. The lowest BCUT2D eigenvalue weighted by molar-refractivity contribution is -0.122. The van der Waals surface area contributed by atoms with Gasteiger partial charge >= 0.3 is 0 Å². The molecule has 2 aromatic carbocycles. The first-order chi connectivity index (χ1) is 12.5. The van der Waals surface area contributed by atoms with Gasteiger partial charge in [0.1, 0.15) is 0 Å². The van der Waals surface area contributed by atoms with Crippen LogP contribution in [0.3, 0.4) is 0 Å². The van der Waals surface area contributed by atoms with Crippen molar-refractivity contribution in [3.63, 3.8) is 0 Å². The molecule has 1 heterocycles. The minimum absolute atomic E-state index is 0.00552. The molecule has 1 fully saturated rings. The van der Waals surface area contributed by atoms with E-state index >= 15 is 0 Å². The lowest BCUT2D eigenvalue weighted by Gasteiger charge is -2.19. The van der Waals surface area contributed by atoms with E-state index in [0.29, 0.717) is 12.5 Å². The van der Waals surface area contributed by atoms with Gasteiger partial charge in [-0.2, -0.15) is 0 Å². The lowest BCUT2D eigenvalue weighted by Crippen LogP contribution is -2.28. The first kappa shape index (κ1) is 18.2. The molecule has 0 radical (unpaired) electrons. The lowest BCUT2D eigenvalue weighted by atomic mass is 9.96. The molecule has 2 aromatic rings. The largest absolute Gasteiger partial charge is 0.326 e. The monoisotopic (exact) mass is 350 g/mol. The fraction of sp³-hybridized carbons (Fsp3) is 0.364. The minimum atomic E-state index is -0.326. The zero-order chi connectivity index (χ0) is 18.7. The van der Waals surface area contributed by atoms with E-state index in [1.165, 1.54) is 0 Å². The smallest absolute Gasteiger partial charge is 0.229 e. The molecule has 0 saturated carbocycles. The van der Waals surface area contributed by atoms with E-state index in [-0.39, 0.29) is 24.2 Å². The third-order valence-corrected chi connectivity index (χ3v) is 5.17. The molecule has 0 aliphatic carbocycles. The van der Waals surface area contributed by atoms with Crippen molar-refractivity contribution in [3.05, 3.63) is 59.7 Å². The van der Waals surface area contributed by atoms with Gasteiger partial charge in [0.2, 0.25) is 11.8 Å². The molecule has 26 heavy (non-hydrogen) atoms. The van der Waals surface area contributed by atoms with E-state index in [0.717, 1.165) is 28.9 Å². The van der Waals surface area contributed by atoms with Gasteiger partial charge in [-0.15, -0.1) is 0 Å². The number of para-hydroxylation sites is 1. The van der Waals surface area contributed by atoms with E-state index in [4.69, 9.17) is 0 Å². The predicted octanol–water partition coefficient (Wildman–Crippen LogP) is 4.50. The first-order valence-corrected chi connectivity index (χ1v) is 9.26. The number of aryl methyl sites for hydroxylation is 1. The van der Waals surface area contributed by atoms with Crippen molar-refractivity contribution < 1.29 is 9.59 Å². The van der Waals surface area contributed by atoms with Crippen LogP contribution in [0, 0.1) is 12.8 Å². The number of hydrogen-bond donors (Lipinski definition) is 1. The highest BCUT2D eigenvalue weighted by atomic mass is 16.2. The van der Waals surface area contributed by atoms with Crippen LogP contribution in [0.25, 0.3) is 0 Å². The molecule has 0 bridgehead atoms. The normalized spacial score (nSPS) is 18.0. The highest BCUT2D eigenvalue weighted by molar-refractivity contribution is 6.03. The Morgan fingerprint density at radius 3 is 2.73 bits per heavy atom. The second kappa shape index (κ2) is 7.73. The summed E-state index contributed by atoms with van der Waals surface area (Å²) < 4.78 is 0. The van der Waals surface area contributed by atoms with Crippen LogP contribution in [0.1, 0.15) is 43.7 Å².